The molecule has 0 aliphatic carbocycles. The van der Waals surface area contributed by atoms with E-state index in [1.165, 1.54) is 6.07 Å². The van der Waals surface area contributed by atoms with E-state index in [4.69, 9.17) is 0 Å². The summed E-state index contributed by atoms with van der Waals surface area (Å²) in [5, 5.41) is 6.52. The number of rotatable bonds is 6. The zero-order valence-corrected chi connectivity index (χ0v) is 15.2. The van der Waals surface area contributed by atoms with Crippen molar-refractivity contribution in [1.29, 1.82) is 0 Å². The number of aryl methyl sites for hydroxylation is 1. The van der Waals surface area contributed by atoms with Gasteiger partial charge in [0, 0.05) is 26.7 Å². The third kappa shape index (κ3) is 4.20. The quantitative estimate of drug-likeness (QED) is 0.529. The number of aromatic nitrogens is 2. The van der Waals surface area contributed by atoms with Gasteiger partial charge in [0.1, 0.15) is 11.6 Å². The number of guanidine groups is 1. The number of aliphatic imine (C=N–C) groups is 1. The highest BCUT2D eigenvalue weighted by Gasteiger charge is 2.06. The predicted molar refractivity (Wildman–Crippen MR) is 104 cm³/mol. The molecule has 0 aliphatic heterocycles. The van der Waals surface area contributed by atoms with Crippen LogP contribution in [0.25, 0.3) is 11.0 Å². The minimum atomic E-state index is -0.167. The highest BCUT2D eigenvalue weighted by Crippen LogP contribution is 2.14. The Morgan fingerprint density at radius 2 is 1.81 bits per heavy atom. The summed E-state index contributed by atoms with van der Waals surface area (Å²) in [4.78, 5) is 8.80. The highest BCUT2D eigenvalue weighted by atomic mass is 19.1. The Morgan fingerprint density at radius 3 is 2.62 bits per heavy atom. The first kappa shape index (κ1) is 17.9. The van der Waals surface area contributed by atoms with Crippen LogP contribution in [0.3, 0.4) is 0 Å². The second-order valence-electron chi connectivity index (χ2n) is 6.07. The first-order valence-corrected chi connectivity index (χ1v) is 8.79. The molecule has 6 heteroatoms. The van der Waals surface area contributed by atoms with Crippen molar-refractivity contribution in [1.82, 2.24) is 20.2 Å². The highest BCUT2D eigenvalue weighted by molar-refractivity contribution is 5.79. The van der Waals surface area contributed by atoms with Gasteiger partial charge in [0.05, 0.1) is 11.0 Å². The molecule has 2 aromatic carbocycles. The summed E-state index contributed by atoms with van der Waals surface area (Å²) < 4.78 is 15.8. The normalized spacial score (nSPS) is 11.7. The summed E-state index contributed by atoms with van der Waals surface area (Å²) in [6.07, 6.45) is 0.610. The standard InChI is InChI=1S/C20H24FN5/c1-15-25-18-9-5-6-10-19(18)26(15)14-13-24-20(22-2)23-12-11-16-7-3-4-8-17(16)21/h3-10H,11-14H2,1-2H3,(H2,22,23,24). The minimum absolute atomic E-state index is 0.167. The molecule has 0 aliphatic rings. The molecule has 5 nitrogen and oxygen atoms in total. The van der Waals surface area contributed by atoms with Crippen molar-refractivity contribution < 1.29 is 4.39 Å². The molecule has 0 amide bonds. The fourth-order valence-corrected chi connectivity index (χ4v) is 3.00. The monoisotopic (exact) mass is 353 g/mol. The van der Waals surface area contributed by atoms with E-state index in [-0.39, 0.29) is 5.82 Å². The molecule has 0 atom stereocenters. The smallest absolute Gasteiger partial charge is 0.191 e. The average Bonchev–Trinajstić information content (AvgIpc) is 2.97. The number of hydrogen-bond acceptors (Lipinski definition) is 2. The van der Waals surface area contributed by atoms with Gasteiger partial charge in [-0.15, -0.1) is 0 Å². The molecule has 0 spiro atoms. The van der Waals surface area contributed by atoms with E-state index >= 15 is 0 Å². The molecule has 3 rings (SSSR count). The second-order valence-corrected chi connectivity index (χ2v) is 6.07. The number of halogens is 1. The second kappa shape index (κ2) is 8.47. The van der Waals surface area contributed by atoms with E-state index < -0.39 is 0 Å². The maximum absolute atomic E-state index is 13.6. The zero-order valence-electron chi connectivity index (χ0n) is 15.2. The SMILES string of the molecule is CN=C(NCCc1ccccc1F)NCCn1c(C)nc2ccccc21. The lowest BCUT2D eigenvalue weighted by Gasteiger charge is -2.13. The maximum atomic E-state index is 13.6. The van der Waals surface area contributed by atoms with Crippen molar-refractivity contribution in [2.75, 3.05) is 20.1 Å². The van der Waals surface area contributed by atoms with Crippen LogP contribution in [0.4, 0.5) is 4.39 Å². The van der Waals surface area contributed by atoms with Gasteiger partial charge in [-0.1, -0.05) is 30.3 Å². The first-order chi connectivity index (χ1) is 12.7. The van der Waals surface area contributed by atoms with Gasteiger partial charge in [0.25, 0.3) is 0 Å². The number of para-hydroxylation sites is 2. The predicted octanol–water partition coefficient (Wildman–Crippen LogP) is 2.89. The van der Waals surface area contributed by atoms with Crippen LogP contribution < -0.4 is 10.6 Å². The topological polar surface area (TPSA) is 54.2 Å². The van der Waals surface area contributed by atoms with E-state index in [1.54, 1.807) is 19.2 Å². The number of nitrogens with zero attached hydrogens (tertiary/aromatic N) is 3. The number of nitrogens with one attached hydrogen (secondary N) is 2. The van der Waals surface area contributed by atoms with Gasteiger partial charge in [0.2, 0.25) is 0 Å². The summed E-state index contributed by atoms with van der Waals surface area (Å²) in [6.45, 7) is 4.15. The van der Waals surface area contributed by atoms with Crippen molar-refractivity contribution in [3.8, 4) is 0 Å². The molecule has 2 N–H and O–H groups in total. The third-order valence-electron chi connectivity index (χ3n) is 4.34. The van der Waals surface area contributed by atoms with E-state index in [2.05, 4.69) is 31.2 Å². The summed E-state index contributed by atoms with van der Waals surface area (Å²) in [6, 6.07) is 15.0. The Morgan fingerprint density at radius 1 is 1.08 bits per heavy atom. The van der Waals surface area contributed by atoms with Crippen molar-refractivity contribution in [2.45, 2.75) is 19.9 Å². The van der Waals surface area contributed by atoms with E-state index in [0.29, 0.717) is 24.5 Å². The lowest BCUT2D eigenvalue weighted by Crippen LogP contribution is -2.39. The van der Waals surface area contributed by atoms with Gasteiger partial charge in [-0.2, -0.15) is 0 Å². The lowest BCUT2D eigenvalue weighted by atomic mass is 10.1. The summed E-state index contributed by atoms with van der Waals surface area (Å²) in [5.41, 5.74) is 2.85. The molecule has 0 fully saturated rings. The van der Waals surface area contributed by atoms with E-state index in [9.17, 15) is 4.39 Å². The Bertz CT molecular complexity index is 900. The number of fused-ring (bicyclic) bond motifs is 1. The molecule has 0 bridgehead atoms. The van der Waals surface area contributed by atoms with Crippen molar-refractivity contribution in [3.05, 3.63) is 65.7 Å². The maximum Gasteiger partial charge on any atom is 0.191 e. The Hall–Kier alpha value is -2.89. The number of benzene rings is 2. The molecule has 0 saturated heterocycles. The van der Waals surface area contributed by atoms with Gasteiger partial charge in [-0.05, 0) is 37.1 Å². The van der Waals surface area contributed by atoms with Crippen LogP contribution in [-0.2, 0) is 13.0 Å². The van der Waals surface area contributed by atoms with Gasteiger partial charge < -0.3 is 15.2 Å². The van der Waals surface area contributed by atoms with Crippen molar-refractivity contribution in [3.63, 3.8) is 0 Å². The average molecular weight is 353 g/mol. The van der Waals surface area contributed by atoms with Crippen LogP contribution in [0.5, 0.6) is 0 Å². The molecule has 0 saturated carbocycles. The molecule has 0 unspecified atom stereocenters. The molecular weight excluding hydrogens is 329 g/mol. The molecule has 1 heterocycles. The van der Waals surface area contributed by atoms with Crippen LogP contribution in [0, 0.1) is 12.7 Å². The third-order valence-corrected chi connectivity index (χ3v) is 4.34. The molecule has 136 valence electrons. The summed E-state index contributed by atoms with van der Waals surface area (Å²) in [5.74, 6) is 1.54. The van der Waals surface area contributed by atoms with Crippen LogP contribution in [-0.4, -0.2) is 35.6 Å². The Balaban J connectivity index is 1.50. The van der Waals surface area contributed by atoms with Crippen LogP contribution >= 0.6 is 0 Å². The molecule has 0 radical (unpaired) electrons. The van der Waals surface area contributed by atoms with Crippen molar-refractivity contribution in [2.24, 2.45) is 4.99 Å². The van der Waals surface area contributed by atoms with E-state index in [0.717, 1.165) is 29.9 Å². The zero-order chi connectivity index (χ0) is 18.4. The lowest BCUT2D eigenvalue weighted by molar-refractivity contribution is 0.606. The molecule has 3 aromatic rings. The van der Waals surface area contributed by atoms with Gasteiger partial charge >= 0.3 is 0 Å². The Labute approximate surface area is 153 Å². The molecular formula is C20H24FN5. The molecule has 1 aromatic heterocycles. The summed E-state index contributed by atoms with van der Waals surface area (Å²) >= 11 is 0. The van der Waals surface area contributed by atoms with E-state index in [1.807, 2.05) is 31.2 Å². The van der Waals surface area contributed by atoms with Crippen LogP contribution in [0.1, 0.15) is 11.4 Å². The summed E-state index contributed by atoms with van der Waals surface area (Å²) in [7, 11) is 1.73. The van der Waals surface area contributed by atoms with Gasteiger partial charge in [0.15, 0.2) is 5.96 Å². The Kier molecular flexibility index (Phi) is 5.84. The number of hydrogen-bond donors (Lipinski definition) is 2. The number of imidazole rings is 1. The van der Waals surface area contributed by atoms with Gasteiger partial charge in [-0.3, -0.25) is 4.99 Å². The van der Waals surface area contributed by atoms with Crippen LogP contribution in [0.15, 0.2) is 53.5 Å². The fraction of sp³-hybridized carbons (Fsp3) is 0.300. The largest absolute Gasteiger partial charge is 0.356 e. The van der Waals surface area contributed by atoms with Gasteiger partial charge in [-0.25, -0.2) is 9.37 Å². The van der Waals surface area contributed by atoms with Crippen molar-refractivity contribution >= 4 is 17.0 Å². The van der Waals surface area contributed by atoms with Crippen LogP contribution in [0.2, 0.25) is 0 Å². The first-order valence-electron chi connectivity index (χ1n) is 8.79. The fourth-order valence-electron chi connectivity index (χ4n) is 3.00. The molecule has 26 heavy (non-hydrogen) atoms. The minimum Gasteiger partial charge on any atom is -0.356 e.